The van der Waals surface area contributed by atoms with Gasteiger partial charge in [0.1, 0.15) is 30.0 Å². The van der Waals surface area contributed by atoms with Crippen molar-refractivity contribution in [1.82, 2.24) is 4.90 Å². The van der Waals surface area contributed by atoms with E-state index in [4.69, 9.17) is 14.2 Å². The number of hydrogen-bond acceptors (Lipinski definition) is 4. The molecule has 2 aromatic rings. The monoisotopic (exact) mass is 359 g/mol. The van der Waals surface area contributed by atoms with Crippen molar-refractivity contribution in [3.05, 3.63) is 59.9 Å². The van der Waals surface area contributed by atoms with Crippen LogP contribution in [0.4, 0.5) is 4.39 Å². The maximum atomic E-state index is 12.9. The summed E-state index contributed by atoms with van der Waals surface area (Å²) >= 11 is 0. The largest absolute Gasteiger partial charge is 0.491 e. The lowest BCUT2D eigenvalue weighted by Gasteiger charge is -2.32. The molecule has 2 aromatic carbocycles. The molecule has 1 amide bonds. The van der Waals surface area contributed by atoms with Crippen molar-refractivity contribution in [3.63, 3.8) is 0 Å². The zero-order valence-electron chi connectivity index (χ0n) is 14.7. The van der Waals surface area contributed by atoms with Gasteiger partial charge in [0.2, 0.25) is 0 Å². The van der Waals surface area contributed by atoms with Crippen LogP contribution in [0, 0.1) is 12.7 Å². The summed E-state index contributed by atoms with van der Waals surface area (Å²) in [6.07, 6.45) is -0.181. The van der Waals surface area contributed by atoms with Gasteiger partial charge in [0.25, 0.3) is 5.91 Å². The molecule has 6 heteroatoms. The lowest BCUT2D eigenvalue weighted by Crippen LogP contribution is -2.49. The summed E-state index contributed by atoms with van der Waals surface area (Å²) in [5.74, 6) is 0.779. The van der Waals surface area contributed by atoms with Gasteiger partial charge < -0.3 is 19.1 Å². The summed E-state index contributed by atoms with van der Waals surface area (Å²) in [6.45, 7) is 3.75. The maximum absolute atomic E-state index is 12.9. The Balaban J connectivity index is 1.45. The molecule has 0 aromatic heterocycles. The summed E-state index contributed by atoms with van der Waals surface area (Å²) in [5, 5.41) is 0. The first-order chi connectivity index (χ1) is 12.6. The topological polar surface area (TPSA) is 48.0 Å². The first-order valence-electron chi connectivity index (χ1n) is 8.57. The van der Waals surface area contributed by atoms with Crippen molar-refractivity contribution in [1.29, 1.82) is 0 Å². The van der Waals surface area contributed by atoms with Crippen LogP contribution >= 0.6 is 0 Å². The number of carbonyl (C=O) groups excluding carboxylic acids is 1. The number of aryl methyl sites for hydroxylation is 1. The Morgan fingerprint density at radius 1 is 1.12 bits per heavy atom. The first-order valence-corrected chi connectivity index (χ1v) is 8.57. The average Bonchev–Trinajstić information content (AvgIpc) is 2.67. The van der Waals surface area contributed by atoms with E-state index in [-0.39, 0.29) is 24.4 Å². The minimum Gasteiger partial charge on any atom is -0.491 e. The summed E-state index contributed by atoms with van der Waals surface area (Å²) in [7, 11) is 0. The van der Waals surface area contributed by atoms with Crippen LogP contribution in [-0.4, -0.2) is 49.8 Å². The Kier molecular flexibility index (Phi) is 6.07. The van der Waals surface area contributed by atoms with Gasteiger partial charge in [-0.25, -0.2) is 4.39 Å². The summed E-state index contributed by atoms with van der Waals surface area (Å²) in [5.41, 5.74) is 1.17. The smallest absolute Gasteiger partial charge is 0.260 e. The molecule has 5 nitrogen and oxygen atoms in total. The van der Waals surface area contributed by atoms with Crippen LogP contribution in [0.3, 0.4) is 0 Å². The quantitative estimate of drug-likeness (QED) is 0.796. The predicted octanol–water partition coefficient (Wildman–Crippen LogP) is 2.82. The molecular weight excluding hydrogens is 337 g/mol. The molecule has 1 saturated heterocycles. The van der Waals surface area contributed by atoms with Gasteiger partial charge in [-0.3, -0.25) is 4.79 Å². The molecule has 0 saturated carbocycles. The number of carbonyl (C=O) groups is 1. The number of amides is 1. The number of benzene rings is 2. The second-order valence-electron chi connectivity index (χ2n) is 6.20. The highest BCUT2D eigenvalue weighted by molar-refractivity contribution is 5.77. The molecule has 0 aliphatic carbocycles. The van der Waals surface area contributed by atoms with E-state index in [1.165, 1.54) is 29.8 Å². The fraction of sp³-hybridized carbons (Fsp3) is 0.350. The van der Waals surface area contributed by atoms with E-state index >= 15 is 0 Å². The van der Waals surface area contributed by atoms with E-state index in [0.29, 0.717) is 32.1 Å². The van der Waals surface area contributed by atoms with E-state index in [2.05, 4.69) is 0 Å². The Bertz CT molecular complexity index is 718. The van der Waals surface area contributed by atoms with Crippen LogP contribution in [0.15, 0.2) is 48.5 Å². The molecule has 0 spiro atoms. The minimum absolute atomic E-state index is 0.0861. The number of halogens is 1. The molecule has 1 unspecified atom stereocenters. The molecule has 1 aliphatic rings. The van der Waals surface area contributed by atoms with Crippen LogP contribution in [-0.2, 0) is 9.53 Å². The van der Waals surface area contributed by atoms with Gasteiger partial charge >= 0.3 is 0 Å². The van der Waals surface area contributed by atoms with E-state index in [1.807, 2.05) is 31.2 Å². The zero-order valence-corrected chi connectivity index (χ0v) is 14.7. The van der Waals surface area contributed by atoms with Crippen molar-refractivity contribution in [3.8, 4) is 11.5 Å². The molecule has 1 aliphatic heterocycles. The third kappa shape index (κ3) is 5.20. The summed E-state index contributed by atoms with van der Waals surface area (Å²) < 4.78 is 29.7. The highest BCUT2D eigenvalue weighted by Gasteiger charge is 2.25. The van der Waals surface area contributed by atoms with E-state index in [9.17, 15) is 9.18 Å². The highest BCUT2D eigenvalue weighted by atomic mass is 19.1. The third-order valence-corrected chi connectivity index (χ3v) is 4.12. The Morgan fingerprint density at radius 3 is 2.50 bits per heavy atom. The molecule has 0 radical (unpaired) electrons. The number of ether oxygens (including phenoxy) is 3. The van der Waals surface area contributed by atoms with E-state index < -0.39 is 0 Å². The van der Waals surface area contributed by atoms with Gasteiger partial charge in [-0.05, 0) is 43.3 Å². The van der Waals surface area contributed by atoms with Gasteiger partial charge in [0.15, 0.2) is 6.61 Å². The van der Waals surface area contributed by atoms with Crippen molar-refractivity contribution in [2.45, 2.75) is 13.0 Å². The van der Waals surface area contributed by atoms with Gasteiger partial charge in [-0.15, -0.1) is 0 Å². The molecule has 0 bridgehead atoms. The number of rotatable bonds is 6. The fourth-order valence-electron chi connectivity index (χ4n) is 2.64. The second-order valence-corrected chi connectivity index (χ2v) is 6.20. The Morgan fingerprint density at radius 2 is 1.77 bits per heavy atom. The Labute approximate surface area is 152 Å². The van der Waals surface area contributed by atoms with Gasteiger partial charge in [0, 0.05) is 6.54 Å². The van der Waals surface area contributed by atoms with E-state index in [0.717, 1.165) is 5.75 Å². The number of morpholine rings is 1. The normalized spacial score (nSPS) is 17.0. The van der Waals surface area contributed by atoms with Crippen LogP contribution in [0.5, 0.6) is 11.5 Å². The molecule has 3 rings (SSSR count). The lowest BCUT2D eigenvalue weighted by molar-refractivity contribution is -0.142. The van der Waals surface area contributed by atoms with Crippen molar-refractivity contribution in [2.24, 2.45) is 0 Å². The third-order valence-electron chi connectivity index (χ3n) is 4.12. The molecule has 1 heterocycles. The van der Waals surface area contributed by atoms with Crippen LogP contribution in [0.2, 0.25) is 0 Å². The highest BCUT2D eigenvalue weighted by Crippen LogP contribution is 2.14. The van der Waals surface area contributed by atoms with Crippen molar-refractivity contribution < 1.29 is 23.4 Å². The first kappa shape index (κ1) is 18.2. The van der Waals surface area contributed by atoms with Gasteiger partial charge in [-0.1, -0.05) is 17.7 Å². The standard InChI is InChI=1S/C20H22FNO4/c1-15-2-6-17(7-3-15)25-13-19-12-22(10-11-24-19)20(23)14-26-18-8-4-16(21)5-9-18/h2-9,19H,10-14H2,1H3. The number of hydrogen-bond donors (Lipinski definition) is 0. The minimum atomic E-state index is -0.340. The van der Waals surface area contributed by atoms with Crippen LogP contribution < -0.4 is 9.47 Å². The second kappa shape index (κ2) is 8.67. The molecule has 0 N–H and O–H groups in total. The van der Waals surface area contributed by atoms with Crippen LogP contribution in [0.25, 0.3) is 0 Å². The molecule has 1 atom stereocenters. The summed E-state index contributed by atoms with van der Waals surface area (Å²) in [6, 6.07) is 13.4. The predicted molar refractivity (Wildman–Crippen MR) is 94.9 cm³/mol. The summed E-state index contributed by atoms with van der Waals surface area (Å²) in [4.78, 5) is 14.0. The molecular formula is C20H22FNO4. The van der Waals surface area contributed by atoms with E-state index in [1.54, 1.807) is 4.90 Å². The van der Waals surface area contributed by atoms with Gasteiger partial charge in [-0.2, -0.15) is 0 Å². The lowest BCUT2D eigenvalue weighted by atomic mass is 10.2. The fourth-order valence-corrected chi connectivity index (χ4v) is 2.64. The molecule has 138 valence electrons. The SMILES string of the molecule is Cc1ccc(OCC2CN(C(=O)COc3ccc(F)cc3)CCO2)cc1. The van der Waals surface area contributed by atoms with Crippen LogP contribution in [0.1, 0.15) is 5.56 Å². The van der Waals surface area contributed by atoms with Crippen molar-refractivity contribution in [2.75, 3.05) is 32.9 Å². The van der Waals surface area contributed by atoms with Gasteiger partial charge in [0.05, 0.1) is 13.2 Å². The Hall–Kier alpha value is -2.60. The average molecular weight is 359 g/mol. The zero-order chi connectivity index (χ0) is 18.4. The molecule has 26 heavy (non-hydrogen) atoms. The van der Waals surface area contributed by atoms with Crippen molar-refractivity contribution >= 4 is 5.91 Å². The molecule has 1 fully saturated rings. The number of nitrogens with zero attached hydrogens (tertiary/aromatic N) is 1. The maximum Gasteiger partial charge on any atom is 0.260 e.